The van der Waals surface area contributed by atoms with E-state index in [1.807, 2.05) is 36.2 Å². The van der Waals surface area contributed by atoms with Gasteiger partial charge >= 0.3 is 12.1 Å². The lowest BCUT2D eigenvalue weighted by Crippen LogP contribution is -2.69. The molecule has 11 nitrogen and oxygen atoms in total. The molecule has 1 saturated heterocycles. The van der Waals surface area contributed by atoms with Gasteiger partial charge in [-0.2, -0.15) is 0 Å². The van der Waals surface area contributed by atoms with Crippen molar-refractivity contribution in [3.05, 3.63) is 117 Å². The Morgan fingerprint density at radius 1 is 1.02 bits per heavy atom. The second-order valence-electron chi connectivity index (χ2n) is 11.5. The zero-order valence-electron chi connectivity index (χ0n) is 25.7. The number of thioether (sulfide) groups is 1. The lowest BCUT2D eigenvalue weighted by Gasteiger charge is -2.54. The van der Waals surface area contributed by atoms with Crippen LogP contribution in [0.3, 0.4) is 0 Å². The number of amides is 1. The summed E-state index contributed by atoms with van der Waals surface area (Å²) in [4.78, 5) is 54.6. The number of carbonyl (C=O) groups is 3. The van der Waals surface area contributed by atoms with Crippen molar-refractivity contribution >= 4 is 29.8 Å². The molecule has 0 bridgehead atoms. The number of halogens is 2. The SMILES string of the molecule is COC(=O)c1ccccc1OC(=O)Oc1c2n(ccc1=O)N([C@H]1c3ccc(F)c(F)c3CSC3C=CC=CC31)[C@@H]1[C@H](C)OCCN1C2=O. The zero-order chi connectivity index (χ0) is 33.7. The summed E-state index contributed by atoms with van der Waals surface area (Å²) in [6, 6.07) is 8.88. The van der Waals surface area contributed by atoms with Gasteiger partial charge in [-0.1, -0.05) is 42.5 Å². The quantitative estimate of drug-likeness (QED) is 0.284. The average Bonchev–Trinajstić information content (AvgIpc) is 3.25. The molecule has 0 spiro atoms. The number of ether oxygens (including phenoxy) is 4. The van der Waals surface area contributed by atoms with Crippen LogP contribution in [-0.4, -0.2) is 65.4 Å². The summed E-state index contributed by atoms with van der Waals surface area (Å²) in [7, 11) is 1.17. The van der Waals surface area contributed by atoms with Gasteiger partial charge in [-0.15, -0.1) is 11.8 Å². The third-order valence-electron chi connectivity index (χ3n) is 8.89. The number of hydrogen-bond acceptors (Lipinski definition) is 10. The summed E-state index contributed by atoms with van der Waals surface area (Å²) in [6.45, 7) is 2.14. The number of hydrogen-bond donors (Lipinski definition) is 0. The number of esters is 1. The van der Waals surface area contributed by atoms with Crippen molar-refractivity contribution in [2.45, 2.75) is 36.2 Å². The normalized spacial score (nSPS) is 24.1. The predicted octanol–water partition coefficient (Wildman–Crippen LogP) is 4.73. The van der Waals surface area contributed by atoms with Crippen molar-refractivity contribution in [2.75, 3.05) is 25.3 Å². The molecule has 3 aromatic rings. The largest absolute Gasteiger partial charge is 0.519 e. The molecule has 248 valence electrons. The van der Waals surface area contributed by atoms with Crippen molar-refractivity contribution in [3.63, 3.8) is 0 Å². The molecule has 0 saturated carbocycles. The van der Waals surface area contributed by atoms with Crippen LogP contribution in [0.2, 0.25) is 0 Å². The number of allylic oxidation sites excluding steroid dienone is 2. The Balaban J connectivity index is 1.38. The first kappa shape index (κ1) is 31.6. The first-order valence-electron chi connectivity index (χ1n) is 15.2. The van der Waals surface area contributed by atoms with Crippen LogP contribution in [-0.2, 0) is 15.2 Å². The lowest BCUT2D eigenvalue weighted by atomic mass is 9.84. The van der Waals surface area contributed by atoms with Gasteiger partial charge in [0.1, 0.15) is 17.5 Å². The fourth-order valence-electron chi connectivity index (χ4n) is 6.77. The molecule has 2 unspecified atom stereocenters. The minimum Gasteiger partial charge on any atom is -0.465 e. The highest BCUT2D eigenvalue weighted by Crippen LogP contribution is 2.47. The van der Waals surface area contributed by atoms with Crippen molar-refractivity contribution in [1.82, 2.24) is 9.58 Å². The average molecular weight is 678 g/mol. The summed E-state index contributed by atoms with van der Waals surface area (Å²) < 4.78 is 53.2. The zero-order valence-corrected chi connectivity index (χ0v) is 26.5. The van der Waals surface area contributed by atoms with Crippen molar-refractivity contribution in [3.8, 4) is 11.5 Å². The van der Waals surface area contributed by atoms with Gasteiger partial charge in [-0.25, -0.2) is 18.4 Å². The third kappa shape index (κ3) is 5.24. The Labute approximate surface area is 277 Å². The van der Waals surface area contributed by atoms with E-state index < -0.39 is 59.2 Å². The summed E-state index contributed by atoms with van der Waals surface area (Å²) in [5.74, 6) is -4.18. The first-order chi connectivity index (χ1) is 23.2. The lowest BCUT2D eigenvalue weighted by molar-refractivity contribution is -0.0676. The number of fused-ring (bicyclic) bond motifs is 4. The molecule has 1 amide bonds. The highest BCUT2D eigenvalue weighted by atomic mass is 32.2. The van der Waals surface area contributed by atoms with Crippen LogP contribution in [0.4, 0.5) is 13.6 Å². The smallest absolute Gasteiger partial charge is 0.465 e. The van der Waals surface area contributed by atoms with Gasteiger partial charge in [0.25, 0.3) is 5.91 Å². The number of benzene rings is 2. The summed E-state index contributed by atoms with van der Waals surface area (Å²) in [6.07, 6.45) is 6.50. The minimum atomic E-state index is -1.37. The molecule has 5 atom stereocenters. The van der Waals surface area contributed by atoms with E-state index in [4.69, 9.17) is 18.9 Å². The molecule has 1 aliphatic carbocycles. The Kier molecular flexibility index (Phi) is 8.29. The van der Waals surface area contributed by atoms with Crippen molar-refractivity contribution in [2.24, 2.45) is 5.92 Å². The van der Waals surface area contributed by atoms with E-state index in [-0.39, 0.29) is 52.6 Å². The summed E-state index contributed by atoms with van der Waals surface area (Å²) in [5.41, 5.74) is -0.406. The number of nitrogens with zero attached hydrogens (tertiary/aromatic N) is 3. The summed E-state index contributed by atoms with van der Waals surface area (Å²) in [5, 5.41) is 1.68. The molecular formula is C34H29F2N3O8S. The maximum atomic E-state index is 15.5. The van der Waals surface area contributed by atoms with E-state index in [1.165, 1.54) is 52.8 Å². The van der Waals surface area contributed by atoms with E-state index in [9.17, 15) is 23.6 Å². The van der Waals surface area contributed by atoms with Crippen LogP contribution in [0.15, 0.2) is 77.8 Å². The number of carbonyl (C=O) groups excluding carboxylic acids is 3. The number of aromatic nitrogens is 1. The molecule has 1 aromatic heterocycles. The molecule has 7 rings (SSSR count). The van der Waals surface area contributed by atoms with Crippen LogP contribution >= 0.6 is 11.8 Å². The second kappa shape index (κ2) is 12.6. The van der Waals surface area contributed by atoms with Gasteiger partial charge in [0.2, 0.25) is 11.2 Å². The molecule has 1 fully saturated rings. The first-order valence-corrected chi connectivity index (χ1v) is 16.2. The van der Waals surface area contributed by atoms with Crippen molar-refractivity contribution in [1.29, 1.82) is 0 Å². The van der Waals surface area contributed by atoms with Gasteiger partial charge < -0.3 is 23.8 Å². The molecule has 14 heteroatoms. The predicted molar refractivity (Wildman–Crippen MR) is 170 cm³/mol. The maximum absolute atomic E-state index is 15.5. The number of morpholine rings is 1. The molecule has 48 heavy (non-hydrogen) atoms. The second-order valence-corrected chi connectivity index (χ2v) is 12.7. The van der Waals surface area contributed by atoms with Crippen LogP contribution in [0.25, 0.3) is 0 Å². The number of para-hydroxylation sites is 1. The Bertz CT molecular complexity index is 1950. The molecule has 0 radical (unpaired) electrons. The van der Waals surface area contributed by atoms with Gasteiger partial charge in [0.05, 0.1) is 25.9 Å². The van der Waals surface area contributed by atoms with Crippen LogP contribution in [0, 0.1) is 17.6 Å². The molecule has 4 heterocycles. The number of rotatable bonds is 4. The molecule has 4 aliphatic rings. The highest BCUT2D eigenvalue weighted by Gasteiger charge is 2.51. The Hall–Kier alpha value is -4.95. The van der Waals surface area contributed by atoms with E-state index in [1.54, 1.807) is 12.1 Å². The fourth-order valence-corrected chi connectivity index (χ4v) is 8.08. The molecule has 3 aliphatic heterocycles. The molecule has 2 aromatic carbocycles. The maximum Gasteiger partial charge on any atom is 0.519 e. The van der Waals surface area contributed by atoms with Gasteiger partial charge in [0.15, 0.2) is 17.3 Å². The highest BCUT2D eigenvalue weighted by molar-refractivity contribution is 7.99. The standard InChI is InChI=1S/C34H29F2N3O8S/c1-18-31-37(15-16-45-18)32(41)29-30(47-34(43)46-25-9-5-3-7-20(25)33(42)44-2)24(40)13-14-38(29)39(31)28-19-11-12-23(35)27(36)22(19)17-48-26-10-6-4-8-21(26)28/h3-14,18,21,26,28,31H,15-17H2,1-2H3/t18-,21?,26?,28-,31+/m0/s1. The minimum absolute atomic E-state index is 0.0612. The summed E-state index contributed by atoms with van der Waals surface area (Å²) >= 11 is 1.47. The van der Waals surface area contributed by atoms with E-state index in [0.717, 1.165) is 12.1 Å². The van der Waals surface area contributed by atoms with Gasteiger partial charge in [-0.05, 0) is 30.7 Å². The fraction of sp³-hybridized carbons (Fsp3) is 0.294. The van der Waals surface area contributed by atoms with E-state index in [2.05, 4.69) is 0 Å². The van der Waals surface area contributed by atoms with E-state index in [0.29, 0.717) is 5.56 Å². The van der Waals surface area contributed by atoms with E-state index >= 15 is 4.39 Å². The molecule has 0 N–H and O–H groups in total. The monoisotopic (exact) mass is 677 g/mol. The Morgan fingerprint density at radius 3 is 2.62 bits per heavy atom. The number of methoxy groups -OCH3 is 1. The van der Waals surface area contributed by atoms with Gasteiger partial charge in [0, 0.05) is 41.3 Å². The topological polar surface area (TPSA) is 117 Å². The third-order valence-corrected chi connectivity index (χ3v) is 10.2. The molecular weight excluding hydrogens is 648 g/mol. The number of pyridine rings is 1. The van der Waals surface area contributed by atoms with Crippen molar-refractivity contribution < 1.29 is 42.1 Å². The van der Waals surface area contributed by atoms with Crippen LogP contribution in [0.5, 0.6) is 11.5 Å². The Morgan fingerprint density at radius 2 is 1.81 bits per heavy atom. The van der Waals surface area contributed by atoms with Crippen LogP contribution in [0.1, 0.15) is 44.9 Å². The van der Waals surface area contributed by atoms with Crippen LogP contribution < -0.4 is 19.9 Å². The van der Waals surface area contributed by atoms with Gasteiger partial charge in [-0.3, -0.25) is 19.3 Å².